The molecule has 1 aliphatic rings. The van der Waals surface area contributed by atoms with Gasteiger partial charge in [0.1, 0.15) is 0 Å². The molecule has 3 aromatic carbocycles. The van der Waals surface area contributed by atoms with E-state index in [2.05, 4.69) is 36.9 Å². The summed E-state index contributed by atoms with van der Waals surface area (Å²) in [7, 11) is 0. The van der Waals surface area contributed by atoms with Crippen LogP contribution in [0.2, 0.25) is 0 Å². The Kier molecular flexibility index (Phi) is 6.34. The number of cyclic esters (lactones) is 1. The molecule has 0 saturated heterocycles. The zero-order valence-electron chi connectivity index (χ0n) is 16.5. The standard InChI is InChI=1S/C24H17Br2NO4/c1-2-5-21(28)30-22-18(25)10-14(11-19(22)26)12-20-24(29)31-23(27-20)17-9-8-15-6-3-4-7-16(15)13-17/h3-4,6-13H,2,5H2,1H3/b20-12-. The molecular formula is C24H17Br2NO4. The fourth-order valence-corrected chi connectivity index (χ4v) is 4.53. The molecule has 156 valence electrons. The minimum Gasteiger partial charge on any atom is -0.424 e. The van der Waals surface area contributed by atoms with Gasteiger partial charge in [0.25, 0.3) is 0 Å². The minimum absolute atomic E-state index is 0.192. The van der Waals surface area contributed by atoms with Gasteiger partial charge in [-0.15, -0.1) is 0 Å². The van der Waals surface area contributed by atoms with Gasteiger partial charge in [-0.3, -0.25) is 4.79 Å². The maximum absolute atomic E-state index is 12.4. The normalized spacial score (nSPS) is 14.6. The van der Waals surface area contributed by atoms with Crippen molar-refractivity contribution in [1.82, 2.24) is 0 Å². The van der Waals surface area contributed by atoms with E-state index in [1.807, 2.05) is 49.4 Å². The number of carbonyl (C=O) groups excluding carboxylic acids is 2. The first kappa shape index (κ1) is 21.5. The van der Waals surface area contributed by atoms with Gasteiger partial charge in [-0.05, 0) is 85.0 Å². The van der Waals surface area contributed by atoms with Crippen molar-refractivity contribution in [2.24, 2.45) is 4.99 Å². The molecule has 4 rings (SSSR count). The van der Waals surface area contributed by atoms with Crippen molar-refractivity contribution >= 4 is 66.5 Å². The summed E-state index contributed by atoms with van der Waals surface area (Å²) < 4.78 is 12.0. The van der Waals surface area contributed by atoms with Crippen molar-refractivity contribution < 1.29 is 19.1 Å². The van der Waals surface area contributed by atoms with Crippen LogP contribution >= 0.6 is 31.9 Å². The van der Waals surface area contributed by atoms with Crippen molar-refractivity contribution in [2.75, 3.05) is 0 Å². The van der Waals surface area contributed by atoms with Gasteiger partial charge in [0.15, 0.2) is 11.4 Å². The van der Waals surface area contributed by atoms with Gasteiger partial charge in [0.05, 0.1) is 8.95 Å². The molecule has 0 aliphatic carbocycles. The van der Waals surface area contributed by atoms with Crippen LogP contribution in [0.15, 0.2) is 74.2 Å². The molecule has 0 amide bonds. The molecule has 0 bridgehead atoms. The van der Waals surface area contributed by atoms with E-state index in [9.17, 15) is 9.59 Å². The molecular weight excluding hydrogens is 526 g/mol. The molecule has 0 saturated carbocycles. The lowest BCUT2D eigenvalue weighted by molar-refractivity contribution is -0.134. The second-order valence-corrected chi connectivity index (χ2v) is 8.64. The van der Waals surface area contributed by atoms with Crippen LogP contribution in [-0.4, -0.2) is 17.8 Å². The van der Waals surface area contributed by atoms with Gasteiger partial charge in [-0.2, -0.15) is 0 Å². The number of rotatable bonds is 5. The molecule has 0 aromatic heterocycles. The van der Waals surface area contributed by atoms with Crippen molar-refractivity contribution in [3.8, 4) is 5.75 Å². The molecule has 0 spiro atoms. The van der Waals surface area contributed by atoms with Crippen molar-refractivity contribution in [2.45, 2.75) is 19.8 Å². The van der Waals surface area contributed by atoms with E-state index in [0.717, 1.165) is 16.3 Å². The topological polar surface area (TPSA) is 65.0 Å². The van der Waals surface area contributed by atoms with Crippen molar-refractivity contribution in [1.29, 1.82) is 0 Å². The summed E-state index contributed by atoms with van der Waals surface area (Å²) in [4.78, 5) is 28.6. The largest absolute Gasteiger partial charge is 0.424 e. The summed E-state index contributed by atoms with van der Waals surface area (Å²) in [6, 6.07) is 17.2. The molecule has 0 N–H and O–H groups in total. The summed E-state index contributed by atoms with van der Waals surface area (Å²) in [6.45, 7) is 1.91. The first-order chi connectivity index (χ1) is 14.9. The van der Waals surface area contributed by atoms with Crippen LogP contribution < -0.4 is 4.74 Å². The van der Waals surface area contributed by atoms with E-state index in [1.165, 1.54) is 0 Å². The fraction of sp³-hybridized carbons (Fsp3) is 0.125. The highest BCUT2D eigenvalue weighted by Gasteiger charge is 2.24. The summed E-state index contributed by atoms with van der Waals surface area (Å²) in [5, 5.41) is 2.14. The highest BCUT2D eigenvalue weighted by molar-refractivity contribution is 9.11. The van der Waals surface area contributed by atoms with Crippen molar-refractivity contribution in [3.63, 3.8) is 0 Å². The smallest absolute Gasteiger partial charge is 0.363 e. The van der Waals surface area contributed by atoms with E-state index in [-0.39, 0.29) is 17.6 Å². The molecule has 0 radical (unpaired) electrons. The van der Waals surface area contributed by atoms with E-state index in [4.69, 9.17) is 9.47 Å². The van der Waals surface area contributed by atoms with Crippen molar-refractivity contribution in [3.05, 3.63) is 80.4 Å². The monoisotopic (exact) mass is 541 g/mol. The van der Waals surface area contributed by atoms with Crippen LogP contribution in [0.1, 0.15) is 30.9 Å². The van der Waals surface area contributed by atoms with Crippen LogP contribution in [0.5, 0.6) is 5.75 Å². The molecule has 5 nitrogen and oxygen atoms in total. The SMILES string of the molecule is CCCC(=O)Oc1c(Br)cc(/C=C2\N=C(c3ccc4ccccc4c3)OC2=O)cc1Br. The third-order valence-corrected chi connectivity index (χ3v) is 5.79. The van der Waals surface area contributed by atoms with E-state index >= 15 is 0 Å². The van der Waals surface area contributed by atoms with Gasteiger partial charge in [0, 0.05) is 12.0 Å². The Labute approximate surface area is 196 Å². The van der Waals surface area contributed by atoms with Crippen LogP contribution in [0.3, 0.4) is 0 Å². The Balaban J connectivity index is 1.62. The number of hydrogen-bond donors (Lipinski definition) is 0. The molecule has 0 atom stereocenters. The number of fused-ring (bicyclic) bond motifs is 1. The molecule has 0 unspecified atom stereocenters. The summed E-state index contributed by atoms with van der Waals surface area (Å²) in [5.74, 6) is -0.159. The molecule has 0 fully saturated rings. The zero-order valence-corrected chi connectivity index (χ0v) is 19.7. The number of benzene rings is 3. The molecule has 3 aromatic rings. The molecule has 1 heterocycles. The first-order valence-electron chi connectivity index (χ1n) is 9.66. The predicted octanol–water partition coefficient (Wildman–Crippen LogP) is 6.41. The average molecular weight is 543 g/mol. The third kappa shape index (κ3) is 4.78. The summed E-state index contributed by atoms with van der Waals surface area (Å²) in [6.07, 6.45) is 2.67. The number of aliphatic imine (C=N–C) groups is 1. The Hall–Kier alpha value is -2.77. The van der Waals surface area contributed by atoms with E-state index in [1.54, 1.807) is 18.2 Å². The summed E-state index contributed by atoms with van der Waals surface area (Å²) in [5.41, 5.74) is 1.62. The van der Waals surface area contributed by atoms with Crippen LogP contribution in [0.4, 0.5) is 0 Å². The highest BCUT2D eigenvalue weighted by atomic mass is 79.9. The Morgan fingerprint density at radius 3 is 2.48 bits per heavy atom. The predicted molar refractivity (Wildman–Crippen MR) is 127 cm³/mol. The lowest BCUT2D eigenvalue weighted by Gasteiger charge is -2.09. The minimum atomic E-state index is -0.520. The van der Waals surface area contributed by atoms with Gasteiger partial charge >= 0.3 is 11.9 Å². The van der Waals surface area contributed by atoms with E-state index in [0.29, 0.717) is 33.1 Å². The quantitative estimate of drug-likeness (QED) is 0.212. The number of carbonyl (C=O) groups is 2. The van der Waals surface area contributed by atoms with Gasteiger partial charge in [-0.1, -0.05) is 37.3 Å². The van der Waals surface area contributed by atoms with Gasteiger partial charge in [-0.25, -0.2) is 9.79 Å². The fourth-order valence-electron chi connectivity index (χ4n) is 3.14. The van der Waals surface area contributed by atoms with Crippen LogP contribution in [-0.2, 0) is 14.3 Å². The Bertz CT molecular complexity index is 1240. The first-order valence-corrected chi connectivity index (χ1v) is 11.2. The van der Waals surface area contributed by atoms with Gasteiger partial charge < -0.3 is 9.47 Å². The van der Waals surface area contributed by atoms with Crippen LogP contribution in [0, 0.1) is 0 Å². The van der Waals surface area contributed by atoms with Crippen LogP contribution in [0.25, 0.3) is 16.8 Å². The summed E-state index contributed by atoms with van der Waals surface area (Å²) >= 11 is 6.85. The second-order valence-electron chi connectivity index (χ2n) is 6.94. The molecule has 31 heavy (non-hydrogen) atoms. The lowest BCUT2D eigenvalue weighted by Crippen LogP contribution is -2.08. The number of ether oxygens (including phenoxy) is 2. The van der Waals surface area contributed by atoms with E-state index < -0.39 is 5.97 Å². The number of esters is 2. The van der Waals surface area contributed by atoms with Gasteiger partial charge in [0.2, 0.25) is 5.90 Å². The third-order valence-electron chi connectivity index (χ3n) is 4.61. The second kappa shape index (κ2) is 9.16. The number of hydrogen-bond acceptors (Lipinski definition) is 5. The molecule has 7 heteroatoms. The maximum atomic E-state index is 12.4. The number of nitrogens with zero attached hydrogens (tertiary/aromatic N) is 1. The zero-order chi connectivity index (χ0) is 22.0. The maximum Gasteiger partial charge on any atom is 0.363 e. The molecule has 1 aliphatic heterocycles. The lowest BCUT2D eigenvalue weighted by atomic mass is 10.1. The average Bonchev–Trinajstić information content (AvgIpc) is 3.11. The Morgan fingerprint density at radius 2 is 1.77 bits per heavy atom. The highest BCUT2D eigenvalue weighted by Crippen LogP contribution is 2.36. The number of halogens is 2. The Morgan fingerprint density at radius 1 is 1.06 bits per heavy atom.